The number of piperidine rings is 4. The Kier molecular flexibility index (Phi) is 3.56. The molecule has 5 bridgehead atoms. The number of nitrogens with zero attached hydrogens (tertiary/aromatic N) is 2. The highest BCUT2D eigenvalue weighted by atomic mass is 16.3. The molecule has 8 rings (SSSR count). The van der Waals surface area contributed by atoms with Crippen molar-refractivity contribution in [3.8, 4) is 0 Å². The third kappa shape index (κ3) is 1.88. The molecule has 1 saturated carbocycles. The number of quaternary nitrogens is 1. The molecule has 5 heterocycles. The molecule has 1 aliphatic carbocycles. The second-order valence-corrected chi connectivity index (χ2v) is 11.0. The lowest BCUT2D eigenvalue weighted by Gasteiger charge is -2.68. The Balaban J connectivity index is 1.47. The van der Waals surface area contributed by atoms with Crippen molar-refractivity contribution >= 4 is 5.69 Å². The summed E-state index contributed by atoms with van der Waals surface area (Å²) in [4.78, 5) is 2.47. The van der Waals surface area contributed by atoms with Crippen LogP contribution in [0.1, 0.15) is 37.3 Å². The number of rotatable bonds is 3. The standard InChI is InChI=1S/C27H33N2O2/c1-3-17-18-13-21-24-27(19-11-7-8-12-20(19)28(24)2)14-22(23(18)25(27)30)29(21,26(17)31)15-16-9-5-4-6-10-16/h4-12,17-18,21-26,30-31H,3,13-15H2,1-2H3/q+1/t17-,18-,21+,22-,23+,24-,25-,26+,27-,29?/m0/s1. The quantitative estimate of drug-likeness (QED) is 0.754. The Hall–Kier alpha value is -1.88. The topological polar surface area (TPSA) is 43.7 Å². The van der Waals surface area contributed by atoms with Crippen LogP contribution in [0.15, 0.2) is 54.6 Å². The first-order valence-corrected chi connectivity index (χ1v) is 12.1. The molecule has 0 aromatic heterocycles. The monoisotopic (exact) mass is 417 g/mol. The molecular weight excluding hydrogens is 384 g/mol. The number of benzene rings is 2. The van der Waals surface area contributed by atoms with Gasteiger partial charge in [0.05, 0.1) is 23.6 Å². The van der Waals surface area contributed by atoms with Crippen molar-refractivity contribution in [2.45, 2.75) is 68.6 Å². The molecule has 1 unspecified atom stereocenters. The average Bonchev–Trinajstić information content (AvgIpc) is 3.18. The Bertz CT molecular complexity index is 1040. The minimum Gasteiger partial charge on any atom is -0.392 e. The lowest BCUT2D eigenvalue weighted by molar-refractivity contribution is -1.05. The summed E-state index contributed by atoms with van der Waals surface area (Å²) in [5.41, 5.74) is 3.78. The summed E-state index contributed by atoms with van der Waals surface area (Å²) in [5, 5.41) is 24.1. The van der Waals surface area contributed by atoms with Crippen LogP contribution in [0.5, 0.6) is 0 Å². The van der Waals surface area contributed by atoms with E-state index >= 15 is 0 Å². The first kappa shape index (κ1) is 18.7. The molecule has 162 valence electrons. The minimum atomic E-state index is -0.337. The van der Waals surface area contributed by atoms with Gasteiger partial charge in [0.2, 0.25) is 0 Å². The zero-order chi connectivity index (χ0) is 21.1. The van der Waals surface area contributed by atoms with Crippen LogP contribution in [0.4, 0.5) is 5.69 Å². The van der Waals surface area contributed by atoms with Crippen molar-refractivity contribution in [3.05, 3.63) is 65.7 Å². The number of hydrogen-bond donors (Lipinski definition) is 2. The summed E-state index contributed by atoms with van der Waals surface area (Å²) in [5.74, 6) is 1.01. The van der Waals surface area contributed by atoms with Gasteiger partial charge in [-0.15, -0.1) is 0 Å². The first-order chi connectivity index (χ1) is 15.1. The van der Waals surface area contributed by atoms with E-state index in [-0.39, 0.29) is 35.6 Å². The predicted molar refractivity (Wildman–Crippen MR) is 120 cm³/mol. The number of aliphatic hydroxyl groups is 2. The van der Waals surface area contributed by atoms with Gasteiger partial charge in [-0.1, -0.05) is 55.5 Å². The van der Waals surface area contributed by atoms with Gasteiger partial charge in [0, 0.05) is 43.0 Å². The predicted octanol–water partition coefficient (Wildman–Crippen LogP) is 3.27. The van der Waals surface area contributed by atoms with E-state index in [2.05, 4.69) is 73.5 Å². The molecule has 4 saturated heterocycles. The van der Waals surface area contributed by atoms with Crippen molar-refractivity contribution in [1.82, 2.24) is 0 Å². The summed E-state index contributed by atoms with van der Waals surface area (Å²) in [6, 6.07) is 20.5. The number of likely N-dealkylation sites (N-methyl/N-ethyl adjacent to an activating group) is 1. The van der Waals surface area contributed by atoms with Gasteiger partial charge >= 0.3 is 0 Å². The first-order valence-electron chi connectivity index (χ1n) is 12.1. The third-order valence-corrected chi connectivity index (χ3v) is 10.4. The Morgan fingerprint density at radius 3 is 2.55 bits per heavy atom. The van der Waals surface area contributed by atoms with E-state index in [4.69, 9.17) is 0 Å². The van der Waals surface area contributed by atoms with Gasteiger partial charge in [-0.2, -0.15) is 0 Å². The van der Waals surface area contributed by atoms with E-state index in [1.807, 2.05) is 0 Å². The lowest BCUT2D eigenvalue weighted by atomic mass is 9.60. The van der Waals surface area contributed by atoms with Crippen LogP contribution >= 0.6 is 0 Å². The van der Waals surface area contributed by atoms with Crippen LogP contribution in [0.2, 0.25) is 0 Å². The van der Waals surface area contributed by atoms with E-state index in [0.29, 0.717) is 18.0 Å². The Labute approximate surface area is 184 Å². The van der Waals surface area contributed by atoms with Crippen molar-refractivity contribution in [1.29, 1.82) is 0 Å². The van der Waals surface area contributed by atoms with Gasteiger partial charge in [0.25, 0.3) is 0 Å². The Morgan fingerprint density at radius 2 is 1.77 bits per heavy atom. The molecule has 4 heteroatoms. The maximum Gasteiger partial charge on any atom is 0.194 e. The SMILES string of the molecule is CC[C@H]1[C@@H]2C[C@@H]3[C@@H]4N(C)c5ccccc5[C@@]45C[C@@H]([C@@H]2[C@@H]5O)[N+]3(Cc2ccccc2)[C@@H]1O. The number of fused-ring (bicyclic) bond motifs is 2. The van der Waals surface area contributed by atoms with Crippen molar-refractivity contribution in [2.75, 3.05) is 11.9 Å². The highest BCUT2D eigenvalue weighted by Gasteiger charge is 2.82. The molecular formula is C27H33N2O2+. The molecule has 31 heavy (non-hydrogen) atoms. The van der Waals surface area contributed by atoms with Crippen molar-refractivity contribution < 1.29 is 14.7 Å². The smallest absolute Gasteiger partial charge is 0.194 e. The maximum atomic E-state index is 12.1. The van der Waals surface area contributed by atoms with E-state index in [0.717, 1.165) is 30.3 Å². The van der Waals surface area contributed by atoms with Gasteiger partial charge in [0.15, 0.2) is 6.23 Å². The molecule has 2 aromatic carbocycles. The number of anilines is 1. The zero-order valence-electron chi connectivity index (χ0n) is 18.4. The van der Waals surface area contributed by atoms with Gasteiger partial charge in [-0.25, -0.2) is 0 Å². The van der Waals surface area contributed by atoms with Crippen LogP contribution in [-0.4, -0.2) is 52.2 Å². The van der Waals surface area contributed by atoms with Crippen LogP contribution < -0.4 is 4.90 Å². The fourth-order valence-electron chi connectivity index (χ4n) is 9.60. The van der Waals surface area contributed by atoms with Gasteiger partial charge < -0.3 is 15.1 Å². The van der Waals surface area contributed by atoms with Crippen molar-refractivity contribution in [3.63, 3.8) is 0 Å². The molecule has 4 nitrogen and oxygen atoms in total. The summed E-state index contributed by atoms with van der Waals surface area (Å²) in [7, 11) is 2.23. The van der Waals surface area contributed by atoms with Crippen molar-refractivity contribution in [2.24, 2.45) is 17.8 Å². The summed E-state index contributed by atoms with van der Waals surface area (Å²) >= 11 is 0. The van der Waals surface area contributed by atoms with Gasteiger partial charge in [-0.05, 0) is 24.0 Å². The summed E-state index contributed by atoms with van der Waals surface area (Å²) in [6.07, 6.45) is 2.47. The molecule has 2 N–H and O–H groups in total. The number of hydrogen-bond acceptors (Lipinski definition) is 3. The van der Waals surface area contributed by atoms with Gasteiger partial charge in [0.1, 0.15) is 12.6 Å². The fourth-order valence-corrected chi connectivity index (χ4v) is 9.60. The maximum absolute atomic E-state index is 12.1. The molecule has 0 radical (unpaired) electrons. The zero-order valence-corrected chi connectivity index (χ0v) is 18.4. The molecule has 1 spiro atoms. The Morgan fingerprint density at radius 1 is 1.03 bits per heavy atom. The average molecular weight is 418 g/mol. The molecule has 5 fully saturated rings. The van der Waals surface area contributed by atoms with E-state index in [9.17, 15) is 10.2 Å². The van der Waals surface area contributed by atoms with Crippen LogP contribution in [0.3, 0.4) is 0 Å². The van der Waals surface area contributed by atoms with E-state index in [1.165, 1.54) is 16.8 Å². The summed E-state index contributed by atoms with van der Waals surface area (Å²) < 4.78 is 0.769. The molecule has 5 aliphatic heterocycles. The second-order valence-electron chi connectivity index (χ2n) is 11.0. The highest BCUT2D eigenvalue weighted by molar-refractivity contribution is 5.66. The highest BCUT2D eigenvalue weighted by Crippen LogP contribution is 2.71. The van der Waals surface area contributed by atoms with Crippen LogP contribution in [0, 0.1) is 17.8 Å². The van der Waals surface area contributed by atoms with Gasteiger partial charge in [-0.3, -0.25) is 4.48 Å². The molecule has 2 aromatic rings. The summed E-state index contributed by atoms with van der Waals surface area (Å²) in [6.45, 7) is 3.11. The lowest BCUT2D eigenvalue weighted by Crippen LogP contribution is -2.82. The number of aliphatic hydroxyl groups excluding tert-OH is 2. The van der Waals surface area contributed by atoms with Crippen LogP contribution in [-0.2, 0) is 12.0 Å². The second kappa shape index (κ2) is 5.92. The normalized spacial score (nSPS) is 48.2. The molecule has 6 aliphatic rings. The van der Waals surface area contributed by atoms with E-state index in [1.54, 1.807) is 0 Å². The third-order valence-electron chi connectivity index (χ3n) is 10.4. The van der Waals surface area contributed by atoms with Crippen LogP contribution in [0.25, 0.3) is 0 Å². The molecule has 10 atom stereocenters. The number of para-hydroxylation sites is 1. The fraction of sp³-hybridized carbons (Fsp3) is 0.556. The largest absolute Gasteiger partial charge is 0.392 e. The van der Waals surface area contributed by atoms with E-state index < -0.39 is 0 Å². The minimum absolute atomic E-state index is 0.180. The molecule has 0 amide bonds.